The summed E-state index contributed by atoms with van der Waals surface area (Å²) < 4.78 is 27.6. The van der Waals surface area contributed by atoms with Crippen molar-refractivity contribution < 1.29 is 8.78 Å². The van der Waals surface area contributed by atoms with Gasteiger partial charge in [0.1, 0.15) is 17.2 Å². The number of anilines is 2. The van der Waals surface area contributed by atoms with E-state index < -0.39 is 11.6 Å². The Labute approximate surface area is 121 Å². The van der Waals surface area contributed by atoms with Crippen LogP contribution in [0.3, 0.4) is 0 Å². The zero-order valence-electron chi connectivity index (χ0n) is 10.1. The Morgan fingerprint density at radius 3 is 2.70 bits per heavy atom. The first-order valence-electron chi connectivity index (χ1n) is 5.76. The number of fused-ring (bicyclic) bond motifs is 1. The van der Waals surface area contributed by atoms with Crippen LogP contribution < -0.4 is 5.32 Å². The number of nitrogens with one attached hydrogen (secondary N) is 1. The standard InChI is InChI=1S/C14H8BrF2N3/c15-8-5-13-14(19-7-8)11(3-4-18-13)20-12-6-9(16)1-2-10(12)17/h1-7H,(H,18,20). The van der Waals surface area contributed by atoms with Gasteiger partial charge in [0.05, 0.1) is 16.9 Å². The van der Waals surface area contributed by atoms with Crippen molar-refractivity contribution >= 4 is 38.3 Å². The van der Waals surface area contributed by atoms with Gasteiger partial charge in [-0.1, -0.05) is 0 Å². The molecule has 2 aromatic heterocycles. The molecule has 3 aromatic rings. The first kappa shape index (κ1) is 12.9. The Balaban J connectivity index is 2.09. The Bertz CT molecular complexity index is 792. The van der Waals surface area contributed by atoms with Crippen LogP contribution >= 0.6 is 15.9 Å². The van der Waals surface area contributed by atoms with Crippen LogP contribution in [0.4, 0.5) is 20.2 Å². The van der Waals surface area contributed by atoms with Gasteiger partial charge in [-0.2, -0.15) is 0 Å². The normalized spacial score (nSPS) is 10.8. The van der Waals surface area contributed by atoms with E-state index in [4.69, 9.17) is 0 Å². The summed E-state index contributed by atoms with van der Waals surface area (Å²) >= 11 is 3.31. The number of pyridine rings is 2. The van der Waals surface area contributed by atoms with Gasteiger partial charge in [0.25, 0.3) is 0 Å². The van der Waals surface area contributed by atoms with Crippen LogP contribution in [-0.2, 0) is 0 Å². The van der Waals surface area contributed by atoms with Crippen molar-refractivity contribution in [3.63, 3.8) is 0 Å². The third kappa shape index (κ3) is 2.46. The largest absolute Gasteiger partial charge is 0.351 e. The zero-order chi connectivity index (χ0) is 14.1. The molecule has 0 aliphatic rings. The van der Waals surface area contributed by atoms with Gasteiger partial charge in [-0.3, -0.25) is 9.97 Å². The molecule has 20 heavy (non-hydrogen) atoms. The lowest BCUT2D eigenvalue weighted by molar-refractivity contribution is 0.603. The molecule has 3 nitrogen and oxygen atoms in total. The highest BCUT2D eigenvalue weighted by molar-refractivity contribution is 9.10. The fourth-order valence-electron chi connectivity index (χ4n) is 1.84. The highest BCUT2D eigenvalue weighted by atomic mass is 79.9. The number of nitrogens with zero attached hydrogens (tertiary/aromatic N) is 2. The molecular formula is C14H8BrF2N3. The molecule has 0 unspecified atom stereocenters. The van der Waals surface area contributed by atoms with Crippen LogP contribution in [-0.4, -0.2) is 9.97 Å². The predicted octanol–water partition coefficient (Wildman–Crippen LogP) is 4.41. The topological polar surface area (TPSA) is 37.8 Å². The van der Waals surface area contributed by atoms with Crippen molar-refractivity contribution in [1.29, 1.82) is 0 Å². The van der Waals surface area contributed by atoms with Crippen LogP contribution in [0.15, 0.2) is 47.2 Å². The molecule has 0 bridgehead atoms. The molecule has 6 heteroatoms. The van der Waals surface area contributed by atoms with E-state index >= 15 is 0 Å². The Morgan fingerprint density at radius 2 is 1.85 bits per heavy atom. The van der Waals surface area contributed by atoms with Crippen LogP contribution in [0.1, 0.15) is 0 Å². The van der Waals surface area contributed by atoms with Gasteiger partial charge < -0.3 is 5.32 Å². The second kappa shape index (κ2) is 5.13. The zero-order valence-corrected chi connectivity index (χ0v) is 11.7. The van der Waals surface area contributed by atoms with Crippen molar-refractivity contribution in [2.45, 2.75) is 0 Å². The molecule has 0 radical (unpaired) electrons. The number of aromatic nitrogens is 2. The van der Waals surface area contributed by atoms with E-state index in [-0.39, 0.29) is 5.69 Å². The molecule has 0 aliphatic carbocycles. The minimum absolute atomic E-state index is 0.0576. The highest BCUT2D eigenvalue weighted by Crippen LogP contribution is 2.26. The molecule has 0 saturated heterocycles. The molecule has 0 aliphatic heterocycles. The van der Waals surface area contributed by atoms with Crippen LogP contribution in [0, 0.1) is 11.6 Å². The lowest BCUT2D eigenvalue weighted by Crippen LogP contribution is -1.97. The number of hydrogen-bond acceptors (Lipinski definition) is 3. The van der Waals surface area contributed by atoms with Crippen molar-refractivity contribution in [2.75, 3.05) is 5.32 Å². The van der Waals surface area contributed by atoms with E-state index in [1.807, 2.05) is 0 Å². The van der Waals surface area contributed by atoms with Crippen molar-refractivity contribution in [1.82, 2.24) is 9.97 Å². The summed E-state index contributed by atoms with van der Waals surface area (Å²) in [6.07, 6.45) is 3.20. The molecular weight excluding hydrogens is 328 g/mol. The molecule has 1 N–H and O–H groups in total. The third-order valence-electron chi connectivity index (χ3n) is 2.74. The van der Waals surface area contributed by atoms with E-state index in [1.165, 1.54) is 0 Å². The second-order valence-corrected chi connectivity index (χ2v) is 5.04. The van der Waals surface area contributed by atoms with E-state index in [0.29, 0.717) is 16.7 Å². The van der Waals surface area contributed by atoms with E-state index in [1.54, 1.807) is 24.5 Å². The smallest absolute Gasteiger partial charge is 0.146 e. The average molecular weight is 336 g/mol. The molecule has 0 fully saturated rings. The fraction of sp³-hybridized carbons (Fsp3) is 0. The number of rotatable bonds is 2. The lowest BCUT2D eigenvalue weighted by Gasteiger charge is -2.09. The number of benzene rings is 1. The summed E-state index contributed by atoms with van der Waals surface area (Å²) in [5, 5.41) is 2.84. The van der Waals surface area contributed by atoms with Gasteiger partial charge in [-0.05, 0) is 40.2 Å². The molecule has 1 aromatic carbocycles. The summed E-state index contributed by atoms with van der Waals surface area (Å²) in [6.45, 7) is 0. The SMILES string of the molecule is Fc1ccc(F)c(Nc2ccnc3cc(Br)cnc23)c1. The molecule has 0 spiro atoms. The van der Waals surface area contributed by atoms with Gasteiger partial charge in [-0.25, -0.2) is 8.78 Å². The summed E-state index contributed by atoms with van der Waals surface area (Å²) in [5.41, 5.74) is 1.86. The first-order chi connectivity index (χ1) is 9.63. The quantitative estimate of drug-likeness (QED) is 0.753. The monoisotopic (exact) mass is 335 g/mol. The summed E-state index contributed by atoms with van der Waals surface area (Å²) in [6, 6.07) is 6.70. The molecule has 0 saturated carbocycles. The van der Waals surface area contributed by atoms with E-state index in [2.05, 4.69) is 31.2 Å². The maximum atomic E-state index is 13.6. The minimum atomic E-state index is -0.534. The highest BCUT2D eigenvalue weighted by Gasteiger charge is 2.08. The van der Waals surface area contributed by atoms with Gasteiger partial charge in [0.2, 0.25) is 0 Å². The fourth-order valence-corrected chi connectivity index (χ4v) is 2.16. The maximum Gasteiger partial charge on any atom is 0.146 e. The van der Waals surface area contributed by atoms with Crippen LogP contribution in [0.25, 0.3) is 11.0 Å². The van der Waals surface area contributed by atoms with E-state index in [0.717, 1.165) is 22.7 Å². The summed E-state index contributed by atoms with van der Waals surface area (Å²) in [5.74, 6) is -1.04. The number of hydrogen-bond donors (Lipinski definition) is 1. The van der Waals surface area contributed by atoms with Crippen LogP contribution in [0.5, 0.6) is 0 Å². The van der Waals surface area contributed by atoms with Gasteiger partial charge in [0.15, 0.2) is 0 Å². The Hall–Kier alpha value is -2.08. The van der Waals surface area contributed by atoms with Crippen molar-refractivity contribution in [2.24, 2.45) is 0 Å². The Kier molecular flexibility index (Phi) is 3.31. The van der Waals surface area contributed by atoms with Crippen LogP contribution in [0.2, 0.25) is 0 Å². The molecule has 0 atom stereocenters. The van der Waals surface area contributed by atoms with E-state index in [9.17, 15) is 8.78 Å². The molecule has 2 heterocycles. The predicted molar refractivity (Wildman–Crippen MR) is 76.9 cm³/mol. The van der Waals surface area contributed by atoms with Gasteiger partial charge in [-0.15, -0.1) is 0 Å². The Morgan fingerprint density at radius 1 is 1.00 bits per heavy atom. The third-order valence-corrected chi connectivity index (χ3v) is 3.18. The molecule has 100 valence electrons. The maximum absolute atomic E-state index is 13.6. The summed E-state index contributed by atoms with van der Waals surface area (Å²) in [7, 11) is 0. The lowest BCUT2D eigenvalue weighted by atomic mass is 10.2. The first-order valence-corrected chi connectivity index (χ1v) is 6.55. The second-order valence-electron chi connectivity index (χ2n) is 4.13. The van der Waals surface area contributed by atoms with Gasteiger partial charge in [0, 0.05) is 22.9 Å². The molecule has 3 rings (SSSR count). The van der Waals surface area contributed by atoms with Crippen molar-refractivity contribution in [3.8, 4) is 0 Å². The summed E-state index contributed by atoms with van der Waals surface area (Å²) in [4.78, 5) is 8.42. The minimum Gasteiger partial charge on any atom is -0.351 e. The van der Waals surface area contributed by atoms with Crippen molar-refractivity contribution in [3.05, 3.63) is 58.8 Å². The van der Waals surface area contributed by atoms with Gasteiger partial charge >= 0.3 is 0 Å². The number of halogens is 3. The average Bonchev–Trinajstić information content (AvgIpc) is 2.43. The molecule has 0 amide bonds.